The predicted octanol–water partition coefficient (Wildman–Crippen LogP) is 5.17. The SMILES string of the molecule is CC(=O)C(C)Cc1cccc(CC(Cc2cccc(CC(C)(C(C)=O)C(C)=O)c2)C(C)=O)c1. The average molecular weight is 449 g/mol. The highest BCUT2D eigenvalue weighted by atomic mass is 16.2. The van der Waals surface area contributed by atoms with Crippen molar-refractivity contribution in [3.63, 3.8) is 0 Å². The second kappa shape index (κ2) is 11.3. The van der Waals surface area contributed by atoms with Gasteiger partial charge in [0.2, 0.25) is 0 Å². The standard InChI is InChI=1S/C29H36O4/c1-19(20(2)30)13-24-9-7-10-25(14-24)16-28(21(3)31)17-26-11-8-12-27(15-26)18-29(6,22(4)32)23(5)33/h7-12,14-15,19,28H,13,16-18H2,1-6H3. The number of rotatable bonds is 12. The van der Waals surface area contributed by atoms with Crippen molar-refractivity contribution in [1.82, 2.24) is 0 Å². The molecular formula is C29H36O4. The third-order valence-electron chi connectivity index (χ3n) is 6.87. The van der Waals surface area contributed by atoms with Crippen LogP contribution in [0.25, 0.3) is 0 Å². The Balaban J connectivity index is 2.19. The van der Waals surface area contributed by atoms with Gasteiger partial charge in [-0.25, -0.2) is 0 Å². The van der Waals surface area contributed by atoms with Crippen LogP contribution in [0.3, 0.4) is 0 Å². The Morgan fingerprint density at radius 2 is 1.12 bits per heavy atom. The molecule has 0 saturated heterocycles. The maximum absolute atomic E-state index is 12.5. The van der Waals surface area contributed by atoms with Crippen molar-refractivity contribution in [2.75, 3.05) is 0 Å². The van der Waals surface area contributed by atoms with Crippen LogP contribution < -0.4 is 0 Å². The lowest BCUT2D eigenvalue weighted by molar-refractivity contribution is -0.137. The fourth-order valence-corrected chi connectivity index (χ4v) is 4.08. The monoisotopic (exact) mass is 448 g/mol. The molecule has 0 fully saturated rings. The van der Waals surface area contributed by atoms with Gasteiger partial charge in [-0.3, -0.25) is 19.2 Å². The Morgan fingerprint density at radius 3 is 1.55 bits per heavy atom. The Hall–Kier alpha value is -2.88. The minimum absolute atomic E-state index is 0.0257. The maximum Gasteiger partial charge on any atom is 0.143 e. The van der Waals surface area contributed by atoms with E-state index in [1.807, 2.05) is 49.4 Å². The molecule has 0 radical (unpaired) electrons. The second-order valence-corrected chi connectivity index (χ2v) is 9.69. The normalized spacial score (nSPS) is 13.3. The Kier molecular flexibility index (Phi) is 9.04. The lowest BCUT2D eigenvalue weighted by Crippen LogP contribution is -2.35. The summed E-state index contributed by atoms with van der Waals surface area (Å²) in [5, 5.41) is 0. The van der Waals surface area contributed by atoms with E-state index in [-0.39, 0.29) is 35.0 Å². The molecule has 4 nitrogen and oxygen atoms in total. The topological polar surface area (TPSA) is 68.3 Å². The van der Waals surface area contributed by atoms with Crippen LogP contribution in [0.1, 0.15) is 63.8 Å². The van der Waals surface area contributed by atoms with Crippen molar-refractivity contribution in [3.8, 4) is 0 Å². The fraction of sp³-hybridized carbons (Fsp3) is 0.448. The molecule has 0 saturated carbocycles. The first-order valence-electron chi connectivity index (χ1n) is 11.6. The molecule has 176 valence electrons. The van der Waals surface area contributed by atoms with Crippen LogP contribution in [0.4, 0.5) is 0 Å². The van der Waals surface area contributed by atoms with Crippen molar-refractivity contribution in [2.45, 2.75) is 67.2 Å². The van der Waals surface area contributed by atoms with Crippen molar-refractivity contribution in [3.05, 3.63) is 70.8 Å². The van der Waals surface area contributed by atoms with E-state index in [0.717, 1.165) is 22.3 Å². The van der Waals surface area contributed by atoms with Crippen LogP contribution in [-0.2, 0) is 44.9 Å². The second-order valence-electron chi connectivity index (χ2n) is 9.69. The van der Waals surface area contributed by atoms with Gasteiger partial charge in [-0.1, -0.05) is 55.5 Å². The van der Waals surface area contributed by atoms with Gasteiger partial charge >= 0.3 is 0 Å². The van der Waals surface area contributed by atoms with Gasteiger partial charge in [0.15, 0.2) is 0 Å². The number of ketones is 4. The maximum atomic E-state index is 12.5. The summed E-state index contributed by atoms with van der Waals surface area (Å²) in [5.41, 5.74) is 3.09. The lowest BCUT2D eigenvalue weighted by atomic mass is 9.76. The lowest BCUT2D eigenvalue weighted by Gasteiger charge is -2.24. The largest absolute Gasteiger partial charge is 0.300 e. The molecule has 0 spiro atoms. The number of carbonyl (C=O) groups is 4. The first kappa shape index (κ1) is 26.4. The molecule has 2 unspecified atom stereocenters. The molecule has 0 aliphatic rings. The van der Waals surface area contributed by atoms with E-state index in [4.69, 9.17) is 0 Å². The fourth-order valence-electron chi connectivity index (χ4n) is 4.08. The summed E-state index contributed by atoms with van der Waals surface area (Å²) in [6, 6.07) is 16.0. The Morgan fingerprint density at radius 1 is 0.697 bits per heavy atom. The third kappa shape index (κ3) is 7.31. The molecule has 0 aromatic heterocycles. The highest BCUT2D eigenvalue weighted by Gasteiger charge is 2.35. The first-order chi connectivity index (χ1) is 15.4. The molecule has 0 amide bonds. The molecule has 2 rings (SSSR count). The Bertz CT molecular complexity index is 1020. The Labute approximate surface area is 197 Å². The van der Waals surface area contributed by atoms with Crippen molar-refractivity contribution >= 4 is 23.1 Å². The smallest absolute Gasteiger partial charge is 0.143 e. The summed E-state index contributed by atoms with van der Waals surface area (Å²) in [6.07, 6.45) is 2.27. The van der Waals surface area contributed by atoms with Crippen LogP contribution in [0.2, 0.25) is 0 Å². The van der Waals surface area contributed by atoms with Gasteiger partial charge < -0.3 is 0 Å². The van der Waals surface area contributed by atoms with Gasteiger partial charge in [-0.2, -0.15) is 0 Å². The van der Waals surface area contributed by atoms with Crippen LogP contribution >= 0.6 is 0 Å². The molecule has 0 heterocycles. The van der Waals surface area contributed by atoms with E-state index < -0.39 is 5.41 Å². The molecule has 0 aliphatic heterocycles. The van der Waals surface area contributed by atoms with Gasteiger partial charge in [0.25, 0.3) is 0 Å². The van der Waals surface area contributed by atoms with E-state index >= 15 is 0 Å². The molecular weight excluding hydrogens is 412 g/mol. The molecule has 0 bridgehead atoms. The number of hydrogen-bond acceptors (Lipinski definition) is 4. The average Bonchev–Trinajstić information content (AvgIpc) is 2.73. The van der Waals surface area contributed by atoms with Crippen molar-refractivity contribution < 1.29 is 19.2 Å². The molecule has 0 aliphatic carbocycles. The van der Waals surface area contributed by atoms with Crippen LogP contribution in [0, 0.1) is 17.3 Å². The highest BCUT2D eigenvalue weighted by molar-refractivity contribution is 6.04. The highest BCUT2D eigenvalue weighted by Crippen LogP contribution is 2.26. The minimum atomic E-state index is -1.03. The predicted molar refractivity (Wildman–Crippen MR) is 131 cm³/mol. The summed E-state index contributed by atoms with van der Waals surface area (Å²) in [4.78, 5) is 48.3. The summed E-state index contributed by atoms with van der Waals surface area (Å²) >= 11 is 0. The van der Waals surface area contributed by atoms with E-state index in [2.05, 4.69) is 6.07 Å². The number of benzene rings is 2. The molecule has 0 N–H and O–H groups in total. The first-order valence-corrected chi connectivity index (χ1v) is 11.6. The number of hydrogen-bond donors (Lipinski definition) is 0. The number of carbonyl (C=O) groups excluding carboxylic acids is 4. The summed E-state index contributed by atoms with van der Waals surface area (Å²) in [6.45, 7) is 9.79. The molecule has 2 atom stereocenters. The summed E-state index contributed by atoms with van der Waals surface area (Å²) in [7, 11) is 0. The zero-order valence-corrected chi connectivity index (χ0v) is 20.7. The van der Waals surface area contributed by atoms with Gasteiger partial charge in [0.05, 0.1) is 5.41 Å². The molecule has 2 aromatic carbocycles. The van der Waals surface area contributed by atoms with E-state index in [1.54, 1.807) is 20.8 Å². The summed E-state index contributed by atoms with van der Waals surface area (Å²) < 4.78 is 0. The third-order valence-corrected chi connectivity index (χ3v) is 6.87. The summed E-state index contributed by atoms with van der Waals surface area (Å²) in [5.74, 6) is -0.176. The van der Waals surface area contributed by atoms with E-state index in [0.29, 0.717) is 25.7 Å². The van der Waals surface area contributed by atoms with Gasteiger partial charge in [0, 0.05) is 11.8 Å². The molecule has 2 aromatic rings. The number of Topliss-reactive ketones (excluding diaryl/α,β-unsaturated/α-hetero) is 4. The van der Waals surface area contributed by atoms with Crippen LogP contribution in [0.15, 0.2) is 48.5 Å². The minimum Gasteiger partial charge on any atom is -0.300 e. The van der Waals surface area contributed by atoms with Crippen molar-refractivity contribution in [2.24, 2.45) is 17.3 Å². The van der Waals surface area contributed by atoms with Crippen LogP contribution in [-0.4, -0.2) is 23.1 Å². The van der Waals surface area contributed by atoms with Gasteiger partial charge in [-0.15, -0.1) is 0 Å². The van der Waals surface area contributed by atoms with E-state index in [9.17, 15) is 19.2 Å². The zero-order chi connectivity index (χ0) is 24.8. The van der Waals surface area contributed by atoms with E-state index in [1.165, 1.54) is 13.8 Å². The zero-order valence-electron chi connectivity index (χ0n) is 20.7. The quantitative estimate of drug-likeness (QED) is 0.420. The molecule has 4 heteroatoms. The van der Waals surface area contributed by atoms with Gasteiger partial charge in [-0.05, 0) is 82.6 Å². The molecule has 33 heavy (non-hydrogen) atoms. The van der Waals surface area contributed by atoms with Gasteiger partial charge in [0.1, 0.15) is 23.1 Å². The van der Waals surface area contributed by atoms with Crippen molar-refractivity contribution in [1.29, 1.82) is 0 Å². The van der Waals surface area contributed by atoms with Crippen LogP contribution in [0.5, 0.6) is 0 Å².